The molecule has 158 valence electrons. The van der Waals surface area contributed by atoms with E-state index in [2.05, 4.69) is 5.32 Å². The molecule has 0 radical (unpaired) electrons. The Hall–Kier alpha value is -3.04. The van der Waals surface area contributed by atoms with Crippen LogP contribution in [-0.4, -0.2) is 59.9 Å². The number of hydrogen-bond acceptors (Lipinski definition) is 4. The van der Waals surface area contributed by atoms with Gasteiger partial charge in [-0.25, -0.2) is 8.78 Å². The molecule has 1 atom stereocenters. The Bertz CT molecular complexity index is 951. The molecule has 1 heterocycles. The quantitative estimate of drug-likeness (QED) is 0.744. The molecule has 1 saturated heterocycles. The van der Waals surface area contributed by atoms with E-state index in [9.17, 15) is 23.2 Å². The molecule has 1 aliphatic heterocycles. The molecule has 0 spiro atoms. The van der Waals surface area contributed by atoms with Crippen LogP contribution in [0.5, 0.6) is 0 Å². The smallest absolute Gasteiger partial charge is 0.263 e. The number of benzene rings is 2. The van der Waals surface area contributed by atoms with Gasteiger partial charge >= 0.3 is 0 Å². The fraction of sp³-hybridized carbons (Fsp3) is 0.250. The van der Waals surface area contributed by atoms with Gasteiger partial charge in [0.1, 0.15) is 11.6 Å². The third kappa shape index (κ3) is 4.58. The van der Waals surface area contributed by atoms with E-state index in [1.54, 1.807) is 0 Å². The highest BCUT2D eigenvalue weighted by Gasteiger charge is 2.43. The van der Waals surface area contributed by atoms with Gasteiger partial charge in [-0.2, -0.15) is 0 Å². The van der Waals surface area contributed by atoms with E-state index < -0.39 is 35.5 Å². The zero-order valence-electron chi connectivity index (χ0n) is 15.8. The Morgan fingerprint density at radius 2 is 1.50 bits per heavy atom. The highest BCUT2D eigenvalue weighted by atomic mass is 35.5. The number of hydrogen-bond donors (Lipinski definition) is 2. The van der Waals surface area contributed by atoms with Crippen LogP contribution in [0, 0.1) is 11.6 Å². The summed E-state index contributed by atoms with van der Waals surface area (Å²) in [5.74, 6) is -3.72. The molecule has 1 unspecified atom stereocenters. The molecular formula is C20H19ClF2N4O3. The van der Waals surface area contributed by atoms with E-state index in [4.69, 9.17) is 17.3 Å². The summed E-state index contributed by atoms with van der Waals surface area (Å²) in [5, 5.41) is 3.00. The third-order valence-corrected chi connectivity index (χ3v) is 4.82. The van der Waals surface area contributed by atoms with Gasteiger partial charge in [0.2, 0.25) is 0 Å². The predicted molar refractivity (Wildman–Crippen MR) is 106 cm³/mol. The van der Waals surface area contributed by atoms with Gasteiger partial charge in [-0.15, -0.1) is 0 Å². The van der Waals surface area contributed by atoms with Crippen LogP contribution in [-0.2, 0) is 4.79 Å². The maximum Gasteiger partial charge on any atom is 0.263 e. The maximum atomic E-state index is 13.6. The summed E-state index contributed by atoms with van der Waals surface area (Å²) in [5.41, 5.74) is 5.44. The number of carbonyl (C=O) groups is 3. The van der Waals surface area contributed by atoms with Gasteiger partial charge in [-0.1, -0.05) is 11.6 Å². The number of nitrogens with two attached hydrogens (primary N) is 1. The molecule has 2 aromatic rings. The van der Waals surface area contributed by atoms with Gasteiger partial charge in [-0.05, 0) is 36.4 Å². The normalized spacial score (nSPS) is 15.9. The molecule has 1 fully saturated rings. The fourth-order valence-electron chi connectivity index (χ4n) is 3.22. The van der Waals surface area contributed by atoms with Gasteiger partial charge in [0, 0.05) is 48.4 Å². The molecule has 1 aliphatic rings. The Morgan fingerprint density at radius 1 is 0.967 bits per heavy atom. The lowest BCUT2D eigenvalue weighted by molar-refractivity contribution is -0.128. The number of rotatable bonds is 5. The average molecular weight is 437 g/mol. The molecule has 7 nitrogen and oxygen atoms in total. The Balaban J connectivity index is 1.92. The highest BCUT2D eigenvalue weighted by Crippen LogP contribution is 2.22. The Morgan fingerprint density at radius 3 is 2.03 bits per heavy atom. The minimum atomic E-state index is -1.29. The largest absolute Gasteiger partial charge is 0.351 e. The van der Waals surface area contributed by atoms with Crippen LogP contribution < -0.4 is 11.1 Å². The molecule has 30 heavy (non-hydrogen) atoms. The number of halogens is 3. The topological polar surface area (TPSA) is 95.7 Å². The maximum absolute atomic E-state index is 13.6. The minimum Gasteiger partial charge on any atom is -0.351 e. The van der Waals surface area contributed by atoms with Crippen molar-refractivity contribution in [1.29, 1.82) is 0 Å². The second-order valence-electron chi connectivity index (χ2n) is 6.62. The lowest BCUT2D eigenvalue weighted by Gasteiger charge is -2.29. The van der Waals surface area contributed by atoms with Gasteiger partial charge < -0.3 is 20.9 Å². The number of amides is 3. The van der Waals surface area contributed by atoms with Crippen molar-refractivity contribution in [2.45, 2.75) is 6.17 Å². The van der Waals surface area contributed by atoms with Crippen molar-refractivity contribution in [3.63, 3.8) is 0 Å². The highest BCUT2D eigenvalue weighted by molar-refractivity contribution is 6.30. The summed E-state index contributed by atoms with van der Waals surface area (Å²) >= 11 is 5.86. The van der Waals surface area contributed by atoms with Gasteiger partial charge in [-0.3, -0.25) is 14.4 Å². The first-order chi connectivity index (χ1) is 14.3. The lowest BCUT2D eigenvalue weighted by atomic mass is 10.1. The number of carbonyl (C=O) groups excluding carboxylic acids is 3. The van der Waals surface area contributed by atoms with Crippen molar-refractivity contribution in [1.82, 2.24) is 15.1 Å². The molecule has 10 heteroatoms. The fourth-order valence-corrected chi connectivity index (χ4v) is 3.35. The van der Waals surface area contributed by atoms with E-state index in [1.807, 2.05) is 0 Å². The summed E-state index contributed by atoms with van der Waals surface area (Å²) in [7, 11) is 0. The predicted octanol–water partition coefficient (Wildman–Crippen LogP) is 1.62. The SMILES string of the molecule is NCCNC(=O)C1N(C(=O)c2ccc(Cl)cc2)CCN1C(=O)c1cc(F)cc(F)c1. The molecule has 3 N–H and O–H groups in total. The van der Waals surface area contributed by atoms with Crippen LogP contribution in [0.1, 0.15) is 20.7 Å². The standard InChI is InChI=1S/C20H19ClF2N4O3/c21-14-3-1-12(2-4-14)19(29)26-7-8-27(18(26)17(28)25-6-5-24)20(30)13-9-15(22)11-16(23)10-13/h1-4,9-11,18H,5-8,24H2,(H,25,28). The second-order valence-corrected chi connectivity index (χ2v) is 7.05. The zero-order chi connectivity index (χ0) is 21.8. The van der Waals surface area contributed by atoms with Crippen molar-refractivity contribution in [3.8, 4) is 0 Å². The van der Waals surface area contributed by atoms with Crippen LogP contribution in [0.25, 0.3) is 0 Å². The second kappa shape index (κ2) is 9.19. The summed E-state index contributed by atoms with van der Waals surface area (Å²) in [6, 6.07) is 8.48. The van der Waals surface area contributed by atoms with E-state index in [-0.39, 0.29) is 37.3 Å². The Kier molecular flexibility index (Phi) is 6.63. The van der Waals surface area contributed by atoms with E-state index in [0.29, 0.717) is 11.1 Å². The molecule has 0 aliphatic carbocycles. The van der Waals surface area contributed by atoms with Crippen molar-refractivity contribution in [2.75, 3.05) is 26.2 Å². The van der Waals surface area contributed by atoms with Crippen molar-refractivity contribution >= 4 is 29.3 Å². The minimum absolute atomic E-state index is 0.0109. The molecule has 0 aromatic heterocycles. The summed E-state index contributed by atoms with van der Waals surface area (Å²) in [4.78, 5) is 41.0. The van der Waals surface area contributed by atoms with Crippen LogP contribution in [0.3, 0.4) is 0 Å². The van der Waals surface area contributed by atoms with Crippen LogP contribution in [0.15, 0.2) is 42.5 Å². The van der Waals surface area contributed by atoms with Crippen molar-refractivity contribution in [2.24, 2.45) is 5.73 Å². The van der Waals surface area contributed by atoms with Crippen molar-refractivity contribution in [3.05, 3.63) is 70.2 Å². The molecular weight excluding hydrogens is 418 g/mol. The van der Waals surface area contributed by atoms with Crippen molar-refractivity contribution < 1.29 is 23.2 Å². The molecule has 0 saturated carbocycles. The van der Waals surface area contributed by atoms with E-state index in [0.717, 1.165) is 17.0 Å². The van der Waals surface area contributed by atoms with Gasteiger partial charge in [0.25, 0.3) is 17.7 Å². The molecule has 2 aromatic carbocycles. The first-order valence-electron chi connectivity index (χ1n) is 9.13. The van der Waals surface area contributed by atoms with Gasteiger partial charge in [0.15, 0.2) is 6.17 Å². The average Bonchev–Trinajstić information content (AvgIpc) is 3.16. The monoisotopic (exact) mass is 436 g/mol. The van der Waals surface area contributed by atoms with E-state index in [1.165, 1.54) is 29.2 Å². The van der Waals surface area contributed by atoms with Crippen LogP contribution >= 0.6 is 11.6 Å². The van der Waals surface area contributed by atoms with Crippen LogP contribution in [0.2, 0.25) is 5.02 Å². The van der Waals surface area contributed by atoms with E-state index >= 15 is 0 Å². The summed E-state index contributed by atoms with van der Waals surface area (Å²) in [6.45, 7) is 0.365. The zero-order valence-corrected chi connectivity index (χ0v) is 16.5. The summed E-state index contributed by atoms with van der Waals surface area (Å²) < 4.78 is 27.2. The van der Waals surface area contributed by atoms with Gasteiger partial charge in [0.05, 0.1) is 0 Å². The first-order valence-corrected chi connectivity index (χ1v) is 9.51. The number of nitrogens with zero attached hydrogens (tertiary/aromatic N) is 2. The van der Waals surface area contributed by atoms with Crippen LogP contribution in [0.4, 0.5) is 8.78 Å². The third-order valence-electron chi connectivity index (χ3n) is 4.57. The summed E-state index contributed by atoms with van der Waals surface area (Å²) in [6.07, 6.45) is -1.29. The molecule has 3 amide bonds. The molecule has 3 rings (SSSR count). The number of nitrogens with one attached hydrogen (secondary N) is 1. The molecule has 0 bridgehead atoms. The lowest BCUT2D eigenvalue weighted by Crippen LogP contribution is -2.54. The Labute approximate surface area is 176 Å². The first kappa shape index (κ1) is 21.7.